The molecule has 0 aliphatic carbocycles. The number of carbonyl (C=O) groups is 1. The lowest BCUT2D eigenvalue weighted by Gasteiger charge is -2.18. The lowest BCUT2D eigenvalue weighted by molar-refractivity contribution is -0.119. The first-order valence-corrected chi connectivity index (χ1v) is 8.75. The molecular formula is C14H21ClN2O3S. The minimum absolute atomic E-state index is 0.0789. The SMILES string of the molecule is CC(C)CC(CN)NC(=O)CS(=O)(=O)c1ccc(Cl)cc1. The van der Waals surface area contributed by atoms with E-state index in [2.05, 4.69) is 5.32 Å². The van der Waals surface area contributed by atoms with Crippen molar-refractivity contribution >= 4 is 27.3 Å². The molecule has 0 heterocycles. The highest BCUT2D eigenvalue weighted by atomic mass is 35.5. The van der Waals surface area contributed by atoms with E-state index < -0.39 is 21.5 Å². The maximum absolute atomic E-state index is 12.1. The highest BCUT2D eigenvalue weighted by molar-refractivity contribution is 7.92. The fraction of sp³-hybridized carbons (Fsp3) is 0.500. The Balaban J connectivity index is 2.70. The molecule has 0 saturated carbocycles. The number of carbonyl (C=O) groups excluding carboxylic acids is 1. The predicted molar refractivity (Wildman–Crippen MR) is 83.9 cm³/mol. The summed E-state index contributed by atoms with van der Waals surface area (Å²) in [5.74, 6) is -0.767. The fourth-order valence-electron chi connectivity index (χ4n) is 1.95. The van der Waals surface area contributed by atoms with Gasteiger partial charge in [0.1, 0.15) is 5.75 Å². The Kier molecular flexibility index (Phi) is 6.64. The highest BCUT2D eigenvalue weighted by Crippen LogP contribution is 2.15. The van der Waals surface area contributed by atoms with Gasteiger partial charge in [0.25, 0.3) is 0 Å². The maximum atomic E-state index is 12.1. The van der Waals surface area contributed by atoms with Crippen LogP contribution in [0.15, 0.2) is 29.2 Å². The molecule has 7 heteroatoms. The van der Waals surface area contributed by atoms with Gasteiger partial charge in [-0.25, -0.2) is 8.42 Å². The van der Waals surface area contributed by atoms with Crippen molar-refractivity contribution in [3.63, 3.8) is 0 Å². The number of halogens is 1. The van der Waals surface area contributed by atoms with Crippen molar-refractivity contribution in [3.05, 3.63) is 29.3 Å². The minimum atomic E-state index is -3.67. The zero-order valence-corrected chi connectivity index (χ0v) is 13.7. The molecule has 1 aromatic rings. The van der Waals surface area contributed by atoms with E-state index in [1.54, 1.807) is 0 Å². The zero-order valence-electron chi connectivity index (χ0n) is 12.2. The normalized spacial score (nSPS) is 13.2. The third-order valence-corrected chi connectivity index (χ3v) is 4.78. The summed E-state index contributed by atoms with van der Waals surface area (Å²) in [4.78, 5) is 12.0. The second-order valence-electron chi connectivity index (χ2n) is 5.34. The molecule has 0 aromatic heterocycles. The Morgan fingerprint density at radius 3 is 2.33 bits per heavy atom. The van der Waals surface area contributed by atoms with Gasteiger partial charge in [-0.1, -0.05) is 25.4 Å². The summed E-state index contributed by atoms with van der Waals surface area (Å²) in [7, 11) is -3.67. The van der Waals surface area contributed by atoms with Crippen molar-refractivity contribution in [2.75, 3.05) is 12.3 Å². The van der Waals surface area contributed by atoms with Crippen LogP contribution in [0.1, 0.15) is 20.3 Å². The molecule has 1 aromatic carbocycles. The molecule has 118 valence electrons. The number of amides is 1. The molecule has 21 heavy (non-hydrogen) atoms. The van der Waals surface area contributed by atoms with Crippen molar-refractivity contribution in [2.24, 2.45) is 11.7 Å². The van der Waals surface area contributed by atoms with E-state index in [0.29, 0.717) is 17.4 Å². The van der Waals surface area contributed by atoms with Gasteiger partial charge in [0.15, 0.2) is 9.84 Å². The van der Waals surface area contributed by atoms with Crippen molar-refractivity contribution in [1.29, 1.82) is 0 Å². The Labute approximate surface area is 130 Å². The number of nitrogens with two attached hydrogens (primary N) is 1. The number of nitrogens with one attached hydrogen (secondary N) is 1. The molecular weight excluding hydrogens is 312 g/mol. The fourth-order valence-corrected chi connectivity index (χ4v) is 3.22. The lowest BCUT2D eigenvalue weighted by Crippen LogP contribution is -2.43. The predicted octanol–water partition coefficient (Wildman–Crippen LogP) is 1.60. The monoisotopic (exact) mass is 332 g/mol. The molecule has 1 unspecified atom stereocenters. The van der Waals surface area contributed by atoms with E-state index in [1.165, 1.54) is 24.3 Å². The average molecular weight is 333 g/mol. The standard InChI is InChI=1S/C14H21ClN2O3S/c1-10(2)7-12(8-16)17-14(18)9-21(19,20)13-5-3-11(15)4-6-13/h3-6,10,12H,7-9,16H2,1-2H3,(H,17,18). The van der Waals surface area contributed by atoms with E-state index in [9.17, 15) is 13.2 Å². The Hall–Kier alpha value is -1.11. The van der Waals surface area contributed by atoms with Crippen molar-refractivity contribution < 1.29 is 13.2 Å². The molecule has 0 aliphatic rings. The van der Waals surface area contributed by atoms with Crippen LogP contribution in [0.2, 0.25) is 5.02 Å². The maximum Gasteiger partial charge on any atom is 0.235 e. The second kappa shape index (κ2) is 7.77. The topological polar surface area (TPSA) is 89.3 Å². The Morgan fingerprint density at radius 1 is 1.29 bits per heavy atom. The van der Waals surface area contributed by atoms with Crippen LogP contribution in [0.25, 0.3) is 0 Å². The number of sulfone groups is 1. The number of rotatable bonds is 7. The first kappa shape index (κ1) is 17.9. The molecule has 1 atom stereocenters. The van der Waals surface area contributed by atoms with Gasteiger partial charge in [-0.05, 0) is 36.6 Å². The second-order valence-corrected chi connectivity index (χ2v) is 7.77. The first-order chi connectivity index (χ1) is 9.74. The number of hydrogen-bond acceptors (Lipinski definition) is 4. The van der Waals surface area contributed by atoms with Crippen molar-refractivity contribution in [2.45, 2.75) is 31.2 Å². The van der Waals surface area contributed by atoms with Crippen LogP contribution in [-0.4, -0.2) is 32.7 Å². The minimum Gasteiger partial charge on any atom is -0.351 e. The largest absolute Gasteiger partial charge is 0.351 e. The molecule has 1 amide bonds. The van der Waals surface area contributed by atoms with Gasteiger partial charge in [-0.15, -0.1) is 0 Å². The molecule has 5 nitrogen and oxygen atoms in total. The lowest BCUT2D eigenvalue weighted by atomic mass is 10.0. The van der Waals surface area contributed by atoms with Crippen LogP contribution < -0.4 is 11.1 Å². The van der Waals surface area contributed by atoms with Gasteiger partial charge in [0, 0.05) is 17.6 Å². The number of benzene rings is 1. The average Bonchev–Trinajstić information content (AvgIpc) is 2.37. The summed E-state index contributed by atoms with van der Waals surface area (Å²) in [6, 6.07) is 5.53. The smallest absolute Gasteiger partial charge is 0.235 e. The van der Waals surface area contributed by atoms with Gasteiger partial charge in [-0.2, -0.15) is 0 Å². The third kappa shape index (κ3) is 6.03. The quantitative estimate of drug-likeness (QED) is 0.793. The molecule has 0 aliphatic heterocycles. The van der Waals surface area contributed by atoms with Gasteiger partial charge < -0.3 is 11.1 Å². The first-order valence-electron chi connectivity index (χ1n) is 6.72. The van der Waals surface area contributed by atoms with Crippen LogP contribution >= 0.6 is 11.6 Å². The van der Waals surface area contributed by atoms with Crippen LogP contribution in [-0.2, 0) is 14.6 Å². The zero-order chi connectivity index (χ0) is 16.0. The Bertz CT molecular complexity index is 570. The van der Waals surface area contributed by atoms with Gasteiger partial charge in [-0.3, -0.25) is 4.79 Å². The summed E-state index contributed by atoms with van der Waals surface area (Å²) in [5.41, 5.74) is 5.58. The van der Waals surface area contributed by atoms with Crippen molar-refractivity contribution in [1.82, 2.24) is 5.32 Å². The summed E-state index contributed by atoms with van der Waals surface area (Å²) in [5, 5.41) is 3.11. The number of hydrogen-bond donors (Lipinski definition) is 2. The van der Waals surface area contributed by atoms with Crippen molar-refractivity contribution in [3.8, 4) is 0 Å². The van der Waals surface area contributed by atoms with E-state index in [4.69, 9.17) is 17.3 Å². The molecule has 0 fully saturated rings. The molecule has 0 bridgehead atoms. The molecule has 3 N–H and O–H groups in total. The molecule has 0 spiro atoms. The third-order valence-electron chi connectivity index (χ3n) is 2.90. The van der Waals surface area contributed by atoms with E-state index in [1.807, 2.05) is 13.8 Å². The molecule has 0 radical (unpaired) electrons. The molecule has 1 rings (SSSR count). The van der Waals surface area contributed by atoms with Crippen LogP contribution in [0, 0.1) is 5.92 Å². The summed E-state index contributed by atoms with van der Waals surface area (Å²) >= 11 is 5.72. The summed E-state index contributed by atoms with van der Waals surface area (Å²) in [6.45, 7) is 4.31. The van der Waals surface area contributed by atoms with Gasteiger partial charge in [0.2, 0.25) is 5.91 Å². The van der Waals surface area contributed by atoms with Gasteiger partial charge >= 0.3 is 0 Å². The van der Waals surface area contributed by atoms with Crippen LogP contribution in [0.3, 0.4) is 0 Å². The highest BCUT2D eigenvalue weighted by Gasteiger charge is 2.21. The van der Waals surface area contributed by atoms with Crippen LogP contribution in [0.5, 0.6) is 0 Å². The summed E-state index contributed by atoms with van der Waals surface area (Å²) in [6.07, 6.45) is 0.712. The van der Waals surface area contributed by atoms with E-state index in [0.717, 1.165) is 0 Å². The van der Waals surface area contributed by atoms with E-state index in [-0.39, 0.29) is 17.5 Å². The Morgan fingerprint density at radius 2 is 1.86 bits per heavy atom. The van der Waals surface area contributed by atoms with E-state index >= 15 is 0 Å². The van der Waals surface area contributed by atoms with Gasteiger partial charge in [0.05, 0.1) is 4.90 Å². The summed E-state index contributed by atoms with van der Waals surface area (Å²) < 4.78 is 24.2. The van der Waals surface area contributed by atoms with Crippen LogP contribution in [0.4, 0.5) is 0 Å². The molecule has 0 saturated heterocycles.